The van der Waals surface area contributed by atoms with Crippen molar-refractivity contribution in [2.24, 2.45) is 0 Å². The van der Waals surface area contributed by atoms with Gasteiger partial charge in [-0.05, 0) is 84.9 Å². The van der Waals surface area contributed by atoms with Crippen molar-refractivity contribution in [1.29, 1.82) is 0 Å². The summed E-state index contributed by atoms with van der Waals surface area (Å²) in [7, 11) is -3.89. The Kier molecular flexibility index (Phi) is 6.37. The van der Waals surface area contributed by atoms with E-state index in [9.17, 15) is 8.42 Å². The predicted octanol–water partition coefficient (Wildman–Crippen LogP) is 6.58. The fourth-order valence-corrected chi connectivity index (χ4v) is 4.80. The van der Waals surface area contributed by atoms with Gasteiger partial charge in [-0.3, -0.25) is 0 Å². The highest BCUT2D eigenvalue weighted by Crippen LogP contribution is 2.36. The maximum absolute atomic E-state index is 13.1. The van der Waals surface area contributed by atoms with Gasteiger partial charge in [-0.25, -0.2) is 8.42 Å². The second-order valence-electron chi connectivity index (χ2n) is 7.03. The molecular formula is C24H18Cl2N2O4S. The molecule has 0 aliphatic carbocycles. The van der Waals surface area contributed by atoms with E-state index in [1.807, 2.05) is 0 Å². The van der Waals surface area contributed by atoms with E-state index in [1.165, 1.54) is 36.4 Å². The van der Waals surface area contributed by atoms with Gasteiger partial charge in [0.25, 0.3) is 0 Å². The second-order valence-corrected chi connectivity index (χ2v) is 9.79. The first kappa shape index (κ1) is 22.8. The van der Waals surface area contributed by atoms with Gasteiger partial charge >= 0.3 is 0 Å². The molecule has 0 spiro atoms. The fourth-order valence-electron chi connectivity index (χ4n) is 2.92. The molecule has 4 N–H and O–H groups in total. The van der Waals surface area contributed by atoms with Crippen molar-refractivity contribution in [1.82, 2.24) is 0 Å². The molecule has 0 bridgehead atoms. The summed E-state index contributed by atoms with van der Waals surface area (Å²) in [5, 5.41) is 0.282. The van der Waals surface area contributed by atoms with Crippen molar-refractivity contribution in [2.45, 2.75) is 9.79 Å². The zero-order valence-corrected chi connectivity index (χ0v) is 19.4. The minimum absolute atomic E-state index is 0.000394. The van der Waals surface area contributed by atoms with Crippen LogP contribution in [0.2, 0.25) is 10.0 Å². The number of nitrogens with two attached hydrogens (primary N) is 2. The Hall–Kier alpha value is -3.39. The van der Waals surface area contributed by atoms with E-state index in [1.54, 1.807) is 48.5 Å². The lowest BCUT2D eigenvalue weighted by molar-refractivity contribution is 0.482. The topological polar surface area (TPSA) is 105 Å². The summed E-state index contributed by atoms with van der Waals surface area (Å²) in [6, 6.07) is 22.0. The zero-order chi connectivity index (χ0) is 23.6. The average molecular weight is 501 g/mol. The Morgan fingerprint density at radius 1 is 0.576 bits per heavy atom. The summed E-state index contributed by atoms with van der Waals surface area (Å²) in [5.41, 5.74) is 12.5. The number of sulfone groups is 1. The van der Waals surface area contributed by atoms with Gasteiger partial charge in [0.15, 0.2) is 0 Å². The van der Waals surface area contributed by atoms with Crippen LogP contribution in [0.5, 0.6) is 23.0 Å². The van der Waals surface area contributed by atoms with Crippen LogP contribution in [0.4, 0.5) is 11.4 Å². The van der Waals surface area contributed by atoms with Crippen LogP contribution in [0.25, 0.3) is 0 Å². The van der Waals surface area contributed by atoms with Gasteiger partial charge in [0.2, 0.25) is 9.84 Å². The van der Waals surface area contributed by atoms with Crippen LogP contribution in [-0.4, -0.2) is 8.42 Å². The average Bonchev–Trinajstić information content (AvgIpc) is 2.79. The van der Waals surface area contributed by atoms with Gasteiger partial charge < -0.3 is 20.9 Å². The van der Waals surface area contributed by atoms with Crippen LogP contribution in [0.15, 0.2) is 94.7 Å². The molecule has 9 heteroatoms. The molecule has 0 radical (unpaired) electrons. The Morgan fingerprint density at radius 3 is 1.27 bits per heavy atom. The van der Waals surface area contributed by atoms with Gasteiger partial charge in [-0.2, -0.15) is 0 Å². The molecule has 0 fully saturated rings. The molecule has 0 saturated heterocycles. The Labute approximate surface area is 201 Å². The van der Waals surface area contributed by atoms with Crippen molar-refractivity contribution in [2.75, 3.05) is 11.5 Å². The van der Waals surface area contributed by atoms with Crippen LogP contribution in [-0.2, 0) is 9.84 Å². The van der Waals surface area contributed by atoms with Crippen molar-refractivity contribution in [3.63, 3.8) is 0 Å². The first-order chi connectivity index (χ1) is 15.7. The highest BCUT2D eigenvalue weighted by molar-refractivity contribution is 7.91. The second kappa shape index (κ2) is 9.23. The predicted molar refractivity (Wildman–Crippen MR) is 130 cm³/mol. The van der Waals surface area contributed by atoms with Crippen molar-refractivity contribution >= 4 is 44.4 Å². The van der Waals surface area contributed by atoms with Gasteiger partial charge in [0, 0.05) is 11.4 Å². The first-order valence-corrected chi connectivity index (χ1v) is 11.9. The van der Waals surface area contributed by atoms with Crippen molar-refractivity contribution < 1.29 is 17.9 Å². The van der Waals surface area contributed by atoms with Crippen molar-refractivity contribution in [3.8, 4) is 23.0 Å². The molecule has 168 valence electrons. The van der Waals surface area contributed by atoms with Gasteiger partial charge in [-0.15, -0.1) is 0 Å². The van der Waals surface area contributed by atoms with E-state index in [0.29, 0.717) is 34.4 Å². The highest BCUT2D eigenvalue weighted by atomic mass is 35.5. The Bertz CT molecular complexity index is 1300. The molecule has 4 aromatic carbocycles. The molecular weight excluding hydrogens is 483 g/mol. The normalized spacial score (nSPS) is 11.2. The molecule has 0 aliphatic rings. The number of hydrogen-bond donors (Lipinski definition) is 2. The smallest absolute Gasteiger partial charge is 0.206 e. The third kappa shape index (κ3) is 5.17. The minimum atomic E-state index is -3.89. The van der Waals surface area contributed by atoms with E-state index in [-0.39, 0.29) is 19.8 Å². The summed E-state index contributed by atoms with van der Waals surface area (Å²) in [4.78, 5) is 0.000788. The Morgan fingerprint density at radius 2 is 0.939 bits per heavy atom. The van der Waals surface area contributed by atoms with E-state index in [2.05, 4.69) is 0 Å². The van der Waals surface area contributed by atoms with Gasteiger partial charge in [-0.1, -0.05) is 23.2 Å². The number of halogens is 2. The van der Waals surface area contributed by atoms with Gasteiger partial charge in [0.1, 0.15) is 23.0 Å². The number of benzene rings is 4. The number of rotatable bonds is 6. The molecule has 0 aliphatic heterocycles. The number of nitrogen functional groups attached to an aromatic ring is 2. The van der Waals surface area contributed by atoms with Crippen LogP contribution >= 0.6 is 23.2 Å². The van der Waals surface area contributed by atoms with Crippen molar-refractivity contribution in [3.05, 3.63) is 95.0 Å². The molecule has 0 amide bonds. The quantitative estimate of drug-likeness (QED) is 0.290. The maximum atomic E-state index is 13.1. The van der Waals surface area contributed by atoms with Crippen LogP contribution in [0.3, 0.4) is 0 Å². The molecule has 0 atom stereocenters. The lowest BCUT2D eigenvalue weighted by Crippen LogP contribution is -2.02. The lowest BCUT2D eigenvalue weighted by atomic mass is 10.3. The molecule has 0 saturated carbocycles. The molecule has 4 rings (SSSR count). The van der Waals surface area contributed by atoms with E-state index in [0.717, 1.165) is 0 Å². The molecule has 0 unspecified atom stereocenters. The molecule has 4 aromatic rings. The summed E-state index contributed by atoms with van der Waals surface area (Å²) < 4.78 is 37.7. The monoisotopic (exact) mass is 500 g/mol. The SMILES string of the molecule is Nc1ccc(Oc2ccc(S(=O)(=O)c3ccc(Oc4ccc(N)cc4)c(Cl)c3)cc2Cl)cc1. The molecule has 0 heterocycles. The van der Waals surface area contributed by atoms with Crippen LogP contribution < -0.4 is 20.9 Å². The maximum Gasteiger partial charge on any atom is 0.206 e. The third-order valence-corrected chi connectivity index (χ3v) is 6.98. The third-order valence-electron chi connectivity index (χ3n) is 4.64. The standard InChI is InChI=1S/C24H18Cl2N2O4S/c25-21-13-19(9-11-23(21)31-17-5-1-15(27)2-6-17)33(29,30)20-10-12-24(22(26)14-20)32-18-7-3-16(28)4-8-18/h1-14H,27-28H2. The number of ether oxygens (including phenoxy) is 2. The lowest BCUT2D eigenvalue weighted by Gasteiger charge is -2.12. The summed E-state index contributed by atoms with van der Waals surface area (Å²) in [6.45, 7) is 0. The van der Waals surface area contributed by atoms with E-state index >= 15 is 0 Å². The molecule has 33 heavy (non-hydrogen) atoms. The zero-order valence-electron chi connectivity index (χ0n) is 17.0. The summed E-state index contributed by atoms with van der Waals surface area (Å²) >= 11 is 12.6. The highest BCUT2D eigenvalue weighted by Gasteiger charge is 2.21. The molecule has 0 aromatic heterocycles. The summed E-state index contributed by atoms with van der Waals surface area (Å²) in [6.07, 6.45) is 0. The molecule has 6 nitrogen and oxygen atoms in total. The first-order valence-electron chi connectivity index (χ1n) is 9.63. The van der Waals surface area contributed by atoms with Gasteiger partial charge in [0.05, 0.1) is 19.8 Å². The van der Waals surface area contributed by atoms with Crippen LogP contribution in [0.1, 0.15) is 0 Å². The summed E-state index contributed by atoms with van der Waals surface area (Å²) in [5.74, 6) is 1.66. The number of anilines is 2. The fraction of sp³-hybridized carbons (Fsp3) is 0. The van der Waals surface area contributed by atoms with E-state index in [4.69, 9.17) is 44.1 Å². The largest absolute Gasteiger partial charge is 0.456 e. The minimum Gasteiger partial charge on any atom is -0.456 e. The number of hydrogen-bond acceptors (Lipinski definition) is 6. The van der Waals surface area contributed by atoms with Crippen LogP contribution in [0, 0.1) is 0 Å². The Balaban J connectivity index is 1.57. The van der Waals surface area contributed by atoms with E-state index < -0.39 is 9.84 Å².